The number of benzene rings is 1. The predicted octanol–water partition coefficient (Wildman–Crippen LogP) is 2.96. The van der Waals surface area contributed by atoms with Crippen molar-refractivity contribution in [2.75, 3.05) is 6.54 Å². The third-order valence-electron chi connectivity index (χ3n) is 3.79. The van der Waals surface area contributed by atoms with Gasteiger partial charge in [-0.15, -0.1) is 0 Å². The molecule has 0 saturated carbocycles. The van der Waals surface area contributed by atoms with Gasteiger partial charge in [-0.2, -0.15) is 5.26 Å². The first kappa shape index (κ1) is 12.1. The average molecular weight is 228 g/mol. The summed E-state index contributed by atoms with van der Waals surface area (Å²) in [6, 6.07) is 11.0. The van der Waals surface area contributed by atoms with Crippen molar-refractivity contribution in [1.82, 2.24) is 5.32 Å². The molecule has 1 aliphatic heterocycles. The van der Waals surface area contributed by atoms with Gasteiger partial charge in [-0.3, -0.25) is 5.32 Å². The van der Waals surface area contributed by atoms with E-state index in [0.717, 1.165) is 25.8 Å². The standard InChI is InChI=1S/C15H20N2/c1-13-6-2-3-7-14(13)8-10-15(12-16)9-4-5-11-17-15/h2-3,6-7,17H,4-5,8-11H2,1H3. The Hall–Kier alpha value is -1.33. The van der Waals surface area contributed by atoms with Crippen molar-refractivity contribution in [3.63, 3.8) is 0 Å². The van der Waals surface area contributed by atoms with E-state index >= 15 is 0 Å². The largest absolute Gasteiger partial charge is 0.299 e. The first-order valence-corrected chi connectivity index (χ1v) is 6.47. The number of rotatable bonds is 3. The number of piperidine rings is 1. The molecule has 1 fully saturated rings. The molecule has 0 bridgehead atoms. The van der Waals surface area contributed by atoms with Crippen LogP contribution in [-0.2, 0) is 6.42 Å². The van der Waals surface area contributed by atoms with Crippen LogP contribution in [0.5, 0.6) is 0 Å². The highest BCUT2D eigenvalue weighted by atomic mass is 15.0. The molecule has 1 saturated heterocycles. The number of nitrogens with one attached hydrogen (secondary N) is 1. The van der Waals surface area contributed by atoms with Crippen LogP contribution in [0.2, 0.25) is 0 Å². The van der Waals surface area contributed by atoms with Gasteiger partial charge >= 0.3 is 0 Å². The highest BCUT2D eigenvalue weighted by molar-refractivity contribution is 5.26. The quantitative estimate of drug-likeness (QED) is 0.863. The number of hydrogen-bond donors (Lipinski definition) is 1. The zero-order valence-electron chi connectivity index (χ0n) is 10.5. The Kier molecular flexibility index (Phi) is 3.81. The SMILES string of the molecule is Cc1ccccc1CCC1(C#N)CCCCN1. The lowest BCUT2D eigenvalue weighted by molar-refractivity contribution is 0.305. The minimum absolute atomic E-state index is 0.277. The number of hydrogen-bond acceptors (Lipinski definition) is 2. The van der Waals surface area contributed by atoms with Crippen LogP contribution in [0.3, 0.4) is 0 Å². The van der Waals surface area contributed by atoms with Crippen LogP contribution in [-0.4, -0.2) is 12.1 Å². The molecular weight excluding hydrogens is 208 g/mol. The lowest BCUT2D eigenvalue weighted by Gasteiger charge is -2.32. The van der Waals surface area contributed by atoms with Gasteiger partial charge in [-0.1, -0.05) is 24.3 Å². The second-order valence-corrected chi connectivity index (χ2v) is 5.00. The van der Waals surface area contributed by atoms with Crippen LogP contribution in [0.25, 0.3) is 0 Å². The molecule has 2 heteroatoms. The fourth-order valence-electron chi connectivity index (χ4n) is 2.57. The van der Waals surface area contributed by atoms with Crippen molar-refractivity contribution in [1.29, 1.82) is 5.26 Å². The van der Waals surface area contributed by atoms with E-state index in [2.05, 4.69) is 42.6 Å². The molecule has 1 aliphatic rings. The Bertz CT molecular complexity index is 411. The van der Waals surface area contributed by atoms with Gasteiger partial charge < -0.3 is 0 Å². The van der Waals surface area contributed by atoms with Gasteiger partial charge in [-0.05, 0) is 56.7 Å². The second-order valence-electron chi connectivity index (χ2n) is 5.00. The smallest absolute Gasteiger partial charge is 0.107 e. The lowest BCUT2D eigenvalue weighted by atomic mass is 9.84. The van der Waals surface area contributed by atoms with E-state index in [0.29, 0.717) is 0 Å². The van der Waals surface area contributed by atoms with Gasteiger partial charge in [0.1, 0.15) is 5.54 Å². The normalized spacial score (nSPS) is 24.2. The minimum Gasteiger partial charge on any atom is -0.299 e. The van der Waals surface area contributed by atoms with E-state index < -0.39 is 0 Å². The molecule has 0 radical (unpaired) electrons. The van der Waals surface area contributed by atoms with Crippen molar-refractivity contribution in [3.8, 4) is 6.07 Å². The number of nitriles is 1. The maximum Gasteiger partial charge on any atom is 0.107 e. The average Bonchev–Trinajstić information content (AvgIpc) is 2.39. The molecule has 0 spiro atoms. The fourth-order valence-corrected chi connectivity index (χ4v) is 2.57. The Morgan fingerprint density at radius 2 is 2.18 bits per heavy atom. The van der Waals surface area contributed by atoms with Crippen molar-refractivity contribution >= 4 is 0 Å². The molecule has 2 rings (SSSR count). The minimum atomic E-state index is -0.277. The van der Waals surface area contributed by atoms with Crippen molar-refractivity contribution < 1.29 is 0 Å². The monoisotopic (exact) mass is 228 g/mol. The summed E-state index contributed by atoms with van der Waals surface area (Å²) >= 11 is 0. The highest BCUT2D eigenvalue weighted by Crippen LogP contribution is 2.24. The first-order chi connectivity index (χ1) is 8.26. The molecule has 0 aliphatic carbocycles. The maximum absolute atomic E-state index is 9.38. The first-order valence-electron chi connectivity index (χ1n) is 6.47. The molecule has 1 N–H and O–H groups in total. The summed E-state index contributed by atoms with van der Waals surface area (Å²) in [7, 11) is 0. The van der Waals surface area contributed by atoms with Crippen LogP contribution < -0.4 is 5.32 Å². The summed E-state index contributed by atoms with van der Waals surface area (Å²) < 4.78 is 0. The van der Waals surface area contributed by atoms with Crippen LogP contribution >= 0.6 is 0 Å². The van der Waals surface area contributed by atoms with Crippen LogP contribution in [0.1, 0.15) is 36.8 Å². The molecule has 1 aromatic rings. The van der Waals surface area contributed by atoms with Crippen LogP contribution in [0, 0.1) is 18.3 Å². The van der Waals surface area contributed by atoms with E-state index in [4.69, 9.17) is 0 Å². The summed E-state index contributed by atoms with van der Waals surface area (Å²) in [5, 5.41) is 12.8. The summed E-state index contributed by atoms with van der Waals surface area (Å²) in [6.45, 7) is 3.13. The fraction of sp³-hybridized carbons (Fsp3) is 0.533. The van der Waals surface area contributed by atoms with E-state index in [9.17, 15) is 5.26 Å². The van der Waals surface area contributed by atoms with E-state index in [1.54, 1.807) is 0 Å². The third kappa shape index (κ3) is 2.87. The Morgan fingerprint density at radius 1 is 1.35 bits per heavy atom. The molecule has 17 heavy (non-hydrogen) atoms. The molecular formula is C15H20N2. The van der Waals surface area contributed by atoms with Crippen molar-refractivity contribution in [2.45, 2.75) is 44.6 Å². The zero-order chi connectivity index (χ0) is 12.1. The molecule has 1 atom stereocenters. The van der Waals surface area contributed by atoms with Crippen molar-refractivity contribution in [2.24, 2.45) is 0 Å². The topological polar surface area (TPSA) is 35.8 Å². The Balaban J connectivity index is 2.01. The molecule has 0 amide bonds. The molecule has 0 aromatic heterocycles. The van der Waals surface area contributed by atoms with Gasteiger partial charge in [0.15, 0.2) is 0 Å². The molecule has 90 valence electrons. The Labute approximate surface area is 104 Å². The van der Waals surface area contributed by atoms with Gasteiger partial charge in [0.2, 0.25) is 0 Å². The van der Waals surface area contributed by atoms with Crippen LogP contribution in [0.15, 0.2) is 24.3 Å². The van der Waals surface area contributed by atoms with Crippen molar-refractivity contribution in [3.05, 3.63) is 35.4 Å². The Morgan fingerprint density at radius 3 is 2.82 bits per heavy atom. The van der Waals surface area contributed by atoms with E-state index in [1.807, 2.05) is 0 Å². The number of nitrogens with zero attached hydrogens (tertiary/aromatic N) is 1. The summed E-state index contributed by atoms with van der Waals surface area (Å²) in [6.07, 6.45) is 5.29. The highest BCUT2D eigenvalue weighted by Gasteiger charge is 2.31. The summed E-state index contributed by atoms with van der Waals surface area (Å²) in [4.78, 5) is 0. The van der Waals surface area contributed by atoms with E-state index in [1.165, 1.54) is 24.0 Å². The summed E-state index contributed by atoms with van der Waals surface area (Å²) in [5.41, 5.74) is 2.42. The molecule has 2 nitrogen and oxygen atoms in total. The van der Waals surface area contributed by atoms with Gasteiger partial charge in [-0.25, -0.2) is 0 Å². The third-order valence-corrected chi connectivity index (χ3v) is 3.79. The molecule has 1 unspecified atom stereocenters. The summed E-state index contributed by atoms with van der Waals surface area (Å²) in [5.74, 6) is 0. The van der Waals surface area contributed by atoms with E-state index in [-0.39, 0.29) is 5.54 Å². The molecule has 1 aromatic carbocycles. The lowest BCUT2D eigenvalue weighted by Crippen LogP contribution is -2.47. The zero-order valence-corrected chi connectivity index (χ0v) is 10.5. The second kappa shape index (κ2) is 5.33. The van der Waals surface area contributed by atoms with Gasteiger partial charge in [0.25, 0.3) is 0 Å². The van der Waals surface area contributed by atoms with Gasteiger partial charge in [0.05, 0.1) is 6.07 Å². The van der Waals surface area contributed by atoms with Crippen LogP contribution in [0.4, 0.5) is 0 Å². The number of aryl methyl sites for hydroxylation is 2. The predicted molar refractivity (Wildman–Crippen MR) is 69.7 cm³/mol. The maximum atomic E-state index is 9.38. The van der Waals surface area contributed by atoms with Gasteiger partial charge in [0, 0.05) is 0 Å². The molecule has 1 heterocycles.